The average Bonchev–Trinajstić information content (AvgIpc) is 3.09. The molecule has 4 rings (SSSR count). The first-order valence-corrected chi connectivity index (χ1v) is 9.46. The summed E-state index contributed by atoms with van der Waals surface area (Å²) in [7, 11) is 3.33. The van der Waals surface area contributed by atoms with Gasteiger partial charge in [-0.15, -0.1) is 0 Å². The zero-order valence-corrected chi connectivity index (χ0v) is 16.5. The minimum absolute atomic E-state index is 0.0485. The minimum Gasteiger partial charge on any atom is -0.497 e. The SMILES string of the molecule is COc1ccc2c(C)c(C(=O)N3CCN(c4ccccc4OC)CC3)[nH]c2c1. The van der Waals surface area contributed by atoms with Gasteiger partial charge in [0, 0.05) is 43.1 Å². The summed E-state index contributed by atoms with van der Waals surface area (Å²) in [5.74, 6) is 1.69. The number of nitrogens with zero attached hydrogens (tertiary/aromatic N) is 2. The minimum atomic E-state index is 0.0485. The smallest absolute Gasteiger partial charge is 0.270 e. The van der Waals surface area contributed by atoms with Gasteiger partial charge >= 0.3 is 0 Å². The zero-order chi connectivity index (χ0) is 19.7. The quantitative estimate of drug-likeness (QED) is 0.754. The van der Waals surface area contributed by atoms with E-state index in [0.717, 1.165) is 46.7 Å². The fourth-order valence-electron chi connectivity index (χ4n) is 3.86. The number of amides is 1. The van der Waals surface area contributed by atoms with Crippen molar-refractivity contribution in [3.05, 3.63) is 53.7 Å². The Balaban J connectivity index is 1.51. The van der Waals surface area contributed by atoms with Gasteiger partial charge in [0.15, 0.2) is 0 Å². The second-order valence-electron chi connectivity index (χ2n) is 6.99. The van der Waals surface area contributed by atoms with Gasteiger partial charge in [0.05, 0.1) is 19.9 Å². The van der Waals surface area contributed by atoms with E-state index in [-0.39, 0.29) is 5.91 Å². The Morgan fingerprint density at radius 1 is 1.00 bits per heavy atom. The van der Waals surface area contributed by atoms with Gasteiger partial charge < -0.3 is 24.3 Å². The average molecular weight is 379 g/mol. The van der Waals surface area contributed by atoms with Crippen LogP contribution in [-0.2, 0) is 0 Å². The number of ether oxygens (including phenoxy) is 2. The molecule has 0 unspecified atom stereocenters. The fraction of sp³-hybridized carbons (Fsp3) is 0.318. The molecule has 0 radical (unpaired) electrons. The molecule has 1 amide bonds. The van der Waals surface area contributed by atoms with E-state index < -0.39 is 0 Å². The van der Waals surface area contributed by atoms with Crippen LogP contribution in [0.3, 0.4) is 0 Å². The standard InChI is InChI=1S/C22H25N3O3/c1-15-17-9-8-16(27-2)14-18(17)23-21(15)22(26)25-12-10-24(11-13-25)19-6-4-5-7-20(19)28-3/h4-9,14,23H,10-13H2,1-3H3. The number of carbonyl (C=O) groups is 1. The van der Waals surface area contributed by atoms with Gasteiger partial charge in [-0.2, -0.15) is 0 Å². The molecule has 1 aliphatic heterocycles. The summed E-state index contributed by atoms with van der Waals surface area (Å²) >= 11 is 0. The molecule has 0 spiro atoms. The number of rotatable bonds is 4. The van der Waals surface area contributed by atoms with Crippen LogP contribution in [0.2, 0.25) is 0 Å². The first-order chi connectivity index (χ1) is 13.6. The van der Waals surface area contributed by atoms with Crippen molar-refractivity contribution in [2.75, 3.05) is 45.3 Å². The summed E-state index contributed by atoms with van der Waals surface area (Å²) in [6.45, 7) is 4.89. The van der Waals surface area contributed by atoms with Crippen molar-refractivity contribution in [1.29, 1.82) is 0 Å². The van der Waals surface area contributed by atoms with Gasteiger partial charge in [0.25, 0.3) is 5.91 Å². The lowest BCUT2D eigenvalue weighted by molar-refractivity contribution is 0.0741. The van der Waals surface area contributed by atoms with E-state index in [9.17, 15) is 4.79 Å². The molecule has 0 saturated carbocycles. The lowest BCUT2D eigenvalue weighted by atomic mass is 10.1. The Hall–Kier alpha value is -3.15. The number of fused-ring (bicyclic) bond motifs is 1. The number of hydrogen-bond donors (Lipinski definition) is 1. The maximum absolute atomic E-state index is 13.1. The molecule has 1 aromatic heterocycles. The summed E-state index contributed by atoms with van der Waals surface area (Å²) < 4.78 is 10.8. The van der Waals surface area contributed by atoms with E-state index in [4.69, 9.17) is 9.47 Å². The number of aromatic nitrogens is 1. The molecule has 6 nitrogen and oxygen atoms in total. The van der Waals surface area contributed by atoms with Crippen LogP contribution >= 0.6 is 0 Å². The number of para-hydroxylation sites is 2. The number of H-pyrrole nitrogens is 1. The summed E-state index contributed by atoms with van der Waals surface area (Å²) in [6.07, 6.45) is 0. The van der Waals surface area contributed by atoms with Crippen molar-refractivity contribution in [2.45, 2.75) is 6.92 Å². The number of nitrogens with one attached hydrogen (secondary N) is 1. The van der Waals surface area contributed by atoms with E-state index in [1.54, 1.807) is 14.2 Å². The molecule has 1 saturated heterocycles. The predicted molar refractivity (Wildman–Crippen MR) is 111 cm³/mol. The van der Waals surface area contributed by atoms with Crippen LogP contribution in [0, 0.1) is 6.92 Å². The van der Waals surface area contributed by atoms with Gasteiger partial charge in [0.1, 0.15) is 17.2 Å². The Morgan fingerprint density at radius 3 is 2.46 bits per heavy atom. The Morgan fingerprint density at radius 2 is 1.75 bits per heavy atom. The first-order valence-electron chi connectivity index (χ1n) is 9.46. The van der Waals surface area contributed by atoms with Gasteiger partial charge in [0.2, 0.25) is 0 Å². The van der Waals surface area contributed by atoms with Crippen LogP contribution in [0.1, 0.15) is 16.1 Å². The molecule has 2 heterocycles. The number of benzene rings is 2. The summed E-state index contributed by atoms with van der Waals surface area (Å²) in [5.41, 5.74) is 3.64. The maximum Gasteiger partial charge on any atom is 0.270 e. The lowest BCUT2D eigenvalue weighted by Gasteiger charge is -2.36. The van der Waals surface area contributed by atoms with E-state index in [1.807, 2.05) is 48.2 Å². The summed E-state index contributed by atoms with van der Waals surface area (Å²) in [5, 5.41) is 1.05. The van der Waals surface area contributed by atoms with Crippen molar-refractivity contribution in [3.63, 3.8) is 0 Å². The third-order valence-corrected chi connectivity index (χ3v) is 5.47. The highest BCUT2D eigenvalue weighted by molar-refractivity contribution is 6.01. The van der Waals surface area contributed by atoms with Crippen LogP contribution in [0.25, 0.3) is 10.9 Å². The molecule has 2 aromatic carbocycles. The molecular formula is C22H25N3O3. The highest BCUT2D eigenvalue weighted by Gasteiger charge is 2.26. The highest BCUT2D eigenvalue weighted by Crippen LogP contribution is 2.29. The van der Waals surface area contributed by atoms with E-state index >= 15 is 0 Å². The van der Waals surface area contributed by atoms with E-state index in [1.165, 1.54) is 0 Å². The van der Waals surface area contributed by atoms with Crippen LogP contribution in [0.5, 0.6) is 11.5 Å². The highest BCUT2D eigenvalue weighted by atomic mass is 16.5. The van der Waals surface area contributed by atoms with Gasteiger partial charge in [-0.1, -0.05) is 12.1 Å². The molecule has 6 heteroatoms. The number of aromatic amines is 1. The number of carbonyl (C=O) groups excluding carboxylic acids is 1. The summed E-state index contributed by atoms with van der Waals surface area (Å²) in [4.78, 5) is 20.6. The molecule has 146 valence electrons. The third-order valence-electron chi connectivity index (χ3n) is 5.47. The number of hydrogen-bond acceptors (Lipinski definition) is 4. The van der Waals surface area contributed by atoms with Crippen LogP contribution < -0.4 is 14.4 Å². The van der Waals surface area contributed by atoms with Crippen LogP contribution in [0.4, 0.5) is 5.69 Å². The fourth-order valence-corrected chi connectivity index (χ4v) is 3.86. The summed E-state index contributed by atoms with van der Waals surface area (Å²) in [6, 6.07) is 13.9. The van der Waals surface area contributed by atoms with Gasteiger partial charge in [-0.25, -0.2) is 0 Å². The van der Waals surface area contributed by atoms with E-state index in [0.29, 0.717) is 18.8 Å². The van der Waals surface area contributed by atoms with Crippen molar-refractivity contribution in [2.24, 2.45) is 0 Å². The topological polar surface area (TPSA) is 57.8 Å². The monoisotopic (exact) mass is 379 g/mol. The van der Waals surface area contributed by atoms with Gasteiger partial charge in [-0.3, -0.25) is 4.79 Å². The largest absolute Gasteiger partial charge is 0.497 e. The van der Waals surface area contributed by atoms with Crippen LogP contribution in [0.15, 0.2) is 42.5 Å². The van der Waals surface area contributed by atoms with Crippen molar-refractivity contribution in [3.8, 4) is 11.5 Å². The number of anilines is 1. The Bertz CT molecular complexity index is 1000. The Kier molecular flexibility index (Phi) is 4.86. The Labute approximate surface area is 164 Å². The molecule has 0 bridgehead atoms. The third kappa shape index (κ3) is 3.15. The second-order valence-corrected chi connectivity index (χ2v) is 6.99. The molecule has 1 aliphatic rings. The molecular weight excluding hydrogens is 354 g/mol. The molecule has 28 heavy (non-hydrogen) atoms. The number of aryl methyl sites for hydroxylation is 1. The normalized spacial score (nSPS) is 14.4. The van der Waals surface area contributed by atoms with E-state index in [2.05, 4.69) is 16.0 Å². The number of methoxy groups -OCH3 is 2. The van der Waals surface area contributed by atoms with Gasteiger partial charge in [-0.05, 0) is 36.8 Å². The molecule has 0 atom stereocenters. The maximum atomic E-state index is 13.1. The zero-order valence-electron chi connectivity index (χ0n) is 16.5. The first kappa shape index (κ1) is 18.2. The van der Waals surface area contributed by atoms with Crippen molar-refractivity contribution < 1.29 is 14.3 Å². The number of piperazine rings is 1. The van der Waals surface area contributed by atoms with Crippen LogP contribution in [-0.4, -0.2) is 56.2 Å². The molecule has 0 aliphatic carbocycles. The lowest BCUT2D eigenvalue weighted by Crippen LogP contribution is -2.49. The molecule has 3 aromatic rings. The predicted octanol–water partition coefficient (Wildman–Crippen LogP) is 3.46. The van der Waals surface area contributed by atoms with Crippen molar-refractivity contribution >= 4 is 22.5 Å². The second kappa shape index (κ2) is 7.46. The van der Waals surface area contributed by atoms with Crippen molar-refractivity contribution in [1.82, 2.24) is 9.88 Å². The molecule has 1 fully saturated rings. The molecule has 1 N–H and O–H groups in total.